The number of amides is 1. The smallest absolute Gasteiger partial charge is 0.282 e. The van der Waals surface area contributed by atoms with Gasteiger partial charge in [0.25, 0.3) is 16.1 Å². The molecule has 0 spiro atoms. The van der Waals surface area contributed by atoms with E-state index in [1.165, 1.54) is 29.7 Å². The lowest BCUT2D eigenvalue weighted by atomic mass is 10.2. The Labute approximate surface area is 189 Å². The van der Waals surface area contributed by atoms with Crippen molar-refractivity contribution in [1.82, 2.24) is 22.4 Å². The number of aryl methyl sites for hydroxylation is 1. The van der Waals surface area contributed by atoms with Crippen molar-refractivity contribution < 1.29 is 26.4 Å². The molecule has 0 unspecified atom stereocenters. The molecule has 3 aliphatic heterocycles. The minimum atomic E-state index is -3.63. The van der Waals surface area contributed by atoms with E-state index in [4.69, 9.17) is 4.74 Å². The van der Waals surface area contributed by atoms with Crippen molar-refractivity contribution in [1.29, 1.82) is 0 Å². The van der Waals surface area contributed by atoms with E-state index in [1.54, 1.807) is 11.9 Å². The maximum atomic E-state index is 13.1. The molecule has 3 fully saturated rings. The van der Waals surface area contributed by atoms with Crippen LogP contribution in [0.4, 0.5) is 0 Å². The fraction of sp³-hybridized carbons (Fsp3) is 0.737. The van der Waals surface area contributed by atoms with Gasteiger partial charge in [-0.05, 0) is 18.9 Å². The Balaban J connectivity index is 1.42. The third-order valence-electron chi connectivity index (χ3n) is 6.30. The lowest BCUT2D eigenvalue weighted by Gasteiger charge is -2.37. The molecule has 11 nitrogen and oxygen atoms in total. The van der Waals surface area contributed by atoms with Crippen molar-refractivity contribution in [3.63, 3.8) is 0 Å². The Morgan fingerprint density at radius 3 is 2.03 bits per heavy atom. The van der Waals surface area contributed by atoms with Crippen LogP contribution in [0.3, 0.4) is 0 Å². The van der Waals surface area contributed by atoms with Crippen LogP contribution in [0.2, 0.25) is 0 Å². The second-order valence-electron chi connectivity index (χ2n) is 8.35. The summed E-state index contributed by atoms with van der Waals surface area (Å²) in [6.45, 7) is 3.34. The average Bonchev–Trinajstić information content (AvgIpc) is 3.22. The second-order valence-corrected chi connectivity index (χ2v) is 12.2. The predicted octanol–water partition coefficient (Wildman–Crippen LogP) is -0.465. The minimum absolute atomic E-state index is 0.124. The molecule has 4 rings (SSSR count). The summed E-state index contributed by atoms with van der Waals surface area (Å²) in [4.78, 5) is 14.8. The van der Waals surface area contributed by atoms with Gasteiger partial charge in [-0.3, -0.25) is 4.79 Å². The number of sulfonamides is 1. The number of hydrogen-bond donors (Lipinski definition) is 0. The molecule has 1 aromatic rings. The monoisotopic (exact) mass is 489 g/mol. The first kappa shape index (κ1) is 23.6. The van der Waals surface area contributed by atoms with Gasteiger partial charge >= 0.3 is 0 Å². The van der Waals surface area contributed by atoms with Gasteiger partial charge in [-0.1, -0.05) is 6.42 Å². The Morgan fingerprint density at radius 1 is 0.812 bits per heavy atom. The number of morpholine rings is 1. The van der Waals surface area contributed by atoms with E-state index in [1.807, 2.05) is 0 Å². The number of carbonyl (C=O) groups is 1. The molecule has 0 atom stereocenters. The minimum Gasteiger partial charge on any atom is -0.379 e. The van der Waals surface area contributed by atoms with Crippen molar-refractivity contribution in [3.8, 4) is 0 Å². The molecular weight excluding hydrogens is 458 g/mol. The number of hydrogen-bond acceptors (Lipinski definition) is 6. The molecule has 180 valence electrons. The number of piperazine rings is 1. The largest absolute Gasteiger partial charge is 0.379 e. The lowest BCUT2D eigenvalue weighted by molar-refractivity contribution is 0.0631. The third kappa shape index (κ3) is 4.59. The van der Waals surface area contributed by atoms with E-state index in [0.717, 1.165) is 19.3 Å². The molecule has 0 aliphatic carbocycles. The van der Waals surface area contributed by atoms with Crippen LogP contribution >= 0.6 is 0 Å². The molecule has 1 aromatic heterocycles. The summed E-state index contributed by atoms with van der Waals surface area (Å²) in [5, 5.41) is 0. The number of nitrogens with zero attached hydrogens (tertiary/aromatic N) is 5. The first-order valence-corrected chi connectivity index (χ1v) is 13.8. The average molecular weight is 490 g/mol. The van der Waals surface area contributed by atoms with Crippen LogP contribution in [-0.2, 0) is 32.0 Å². The molecule has 0 radical (unpaired) electrons. The molecule has 13 heteroatoms. The molecule has 3 saturated heterocycles. The molecule has 4 heterocycles. The fourth-order valence-corrected chi connectivity index (χ4v) is 7.52. The molecule has 0 N–H and O–H groups in total. The van der Waals surface area contributed by atoms with Crippen molar-refractivity contribution in [2.24, 2.45) is 7.05 Å². The Kier molecular flexibility index (Phi) is 6.94. The zero-order valence-corrected chi connectivity index (χ0v) is 20.0. The third-order valence-corrected chi connectivity index (χ3v) is 10.2. The van der Waals surface area contributed by atoms with Crippen LogP contribution in [0, 0.1) is 0 Å². The SMILES string of the molecule is Cn1cc(S(=O)(=O)N2CCCCC2)cc1C(=O)N1CCN(S(=O)(=O)N2CCOCC2)CC1. The first-order chi connectivity index (χ1) is 15.2. The zero-order chi connectivity index (χ0) is 22.9. The second kappa shape index (κ2) is 9.39. The van der Waals surface area contributed by atoms with Crippen LogP contribution < -0.4 is 0 Å². The van der Waals surface area contributed by atoms with Gasteiger partial charge in [0.05, 0.1) is 13.2 Å². The number of carbonyl (C=O) groups excluding carboxylic acids is 1. The van der Waals surface area contributed by atoms with E-state index >= 15 is 0 Å². The van der Waals surface area contributed by atoms with Gasteiger partial charge in [0.1, 0.15) is 10.6 Å². The maximum Gasteiger partial charge on any atom is 0.282 e. The summed E-state index contributed by atoms with van der Waals surface area (Å²) in [6.07, 6.45) is 4.19. The van der Waals surface area contributed by atoms with E-state index < -0.39 is 20.2 Å². The Morgan fingerprint density at radius 2 is 1.41 bits per heavy atom. The molecular formula is C19H31N5O6S2. The Bertz CT molecular complexity index is 1030. The highest BCUT2D eigenvalue weighted by Gasteiger charge is 2.35. The van der Waals surface area contributed by atoms with Gasteiger partial charge < -0.3 is 14.2 Å². The van der Waals surface area contributed by atoms with Crippen molar-refractivity contribution in [2.45, 2.75) is 24.2 Å². The number of piperidine rings is 1. The lowest BCUT2D eigenvalue weighted by Crippen LogP contribution is -2.55. The summed E-state index contributed by atoms with van der Waals surface area (Å²) in [7, 11) is -5.55. The van der Waals surface area contributed by atoms with Crippen LogP contribution in [0.15, 0.2) is 17.2 Å². The van der Waals surface area contributed by atoms with E-state index in [9.17, 15) is 21.6 Å². The normalized spacial score (nSPS) is 22.8. The highest BCUT2D eigenvalue weighted by atomic mass is 32.2. The van der Waals surface area contributed by atoms with Crippen LogP contribution in [0.5, 0.6) is 0 Å². The topological polar surface area (TPSA) is 112 Å². The van der Waals surface area contributed by atoms with Crippen LogP contribution in [0.25, 0.3) is 0 Å². The summed E-state index contributed by atoms with van der Waals surface area (Å²) >= 11 is 0. The first-order valence-electron chi connectivity index (χ1n) is 11.0. The van der Waals surface area contributed by atoms with E-state index in [2.05, 4.69) is 0 Å². The molecule has 32 heavy (non-hydrogen) atoms. The molecule has 0 saturated carbocycles. The standard InChI is InChI=1S/C19H31N5O6S2/c1-20-16-17(31(26,27)22-5-3-2-4-6-22)15-18(20)19(25)21-7-9-23(10-8-21)32(28,29)24-11-13-30-14-12-24/h15-16H,2-14H2,1H3. The fourth-order valence-electron chi connectivity index (χ4n) is 4.37. The van der Waals surface area contributed by atoms with E-state index in [-0.39, 0.29) is 42.7 Å². The molecule has 1 amide bonds. The molecule has 0 aromatic carbocycles. The molecule has 3 aliphatic rings. The number of rotatable bonds is 5. The summed E-state index contributed by atoms with van der Waals surface area (Å²) in [6, 6.07) is 1.43. The predicted molar refractivity (Wildman–Crippen MR) is 117 cm³/mol. The Hall–Kier alpha value is -1.51. The van der Waals surface area contributed by atoms with Crippen molar-refractivity contribution in [2.75, 3.05) is 65.6 Å². The van der Waals surface area contributed by atoms with Crippen molar-refractivity contribution in [3.05, 3.63) is 18.0 Å². The van der Waals surface area contributed by atoms with Crippen LogP contribution in [0.1, 0.15) is 29.8 Å². The highest BCUT2D eigenvalue weighted by molar-refractivity contribution is 7.89. The van der Waals surface area contributed by atoms with E-state index in [0.29, 0.717) is 39.4 Å². The van der Waals surface area contributed by atoms with Gasteiger partial charge in [0, 0.05) is 65.6 Å². The summed E-state index contributed by atoms with van der Waals surface area (Å²) in [5.74, 6) is -0.295. The van der Waals surface area contributed by atoms with Gasteiger partial charge in [0.2, 0.25) is 10.0 Å². The van der Waals surface area contributed by atoms with Gasteiger partial charge in [-0.2, -0.15) is 21.3 Å². The van der Waals surface area contributed by atoms with Crippen molar-refractivity contribution >= 4 is 26.1 Å². The summed E-state index contributed by atoms with van der Waals surface area (Å²) < 4.78 is 62.6. The quantitative estimate of drug-likeness (QED) is 0.553. The molecule has 0 bridgehead atoms. The van der Waals surface area contributed by atoms with Gasteiger partial charge in [0.15, 0.2) is 0 Å². The number of aromatic nitrogens is 1. The van der Waals surface area contributed by atoms with Gasteiger partial charge in [-0.25, -0.2) is 8.42 Å². The summed E-state index contributed by atoms with van der Waals surface area (Å²) in [5.41, 5.74) is 0.282. The van der Waals surface area contributed by atoms with Crippen LogP contribution in [-0.4, -0.2) is 111 Å². The zero-order valence-electron chi connectivity index (χ0n) is 18.3. The van der Waals surface area contributed by atoms with Gasteiger partial charge in [-0.15, -0.1) is 0 Å². The maximum absolute atomic E-state index is 13.1. The highest BCUT2D eigenvalue weighted by Crippen LogP contribution is 2.23. The number of ether oxygens (including phenoxy) is 1.